The average molecular weight is 1380 g/mol. The van der Waals surface area contributed by atoms with Gasteiger partial charge in [-0.3, -0.25) is 70.8 Å². The molecule has 0 fully saturated rings. The van der Waals surface area contributed by atoms with Crippen molar-refractivity contribution in [2.24, 2.45) is 45.9 Å². The molecule has 0 unspecified atom stereocenters. The van der Waals surface area contributed by atoms with Crippen molar-refractivity contribution in [3.63, 3.8) is 0 Å². The first-order chi connectivity index (χ1) is 47.1. The lowest BCUT2D eigenvalue weighted by atomic mass is 9.96. The van der Waals surface area contributed by atoms with Gasteiger partial charge in [0.1, 0.15) is 36.2 Å². The van der Waals surface area contributed by atoms with Crippen LogP contribution < -0.4 is 113 Å². The molecule has 0 aliphatic heterocycles. The van der Waals surface area contributed by atoms with Gasteiger partial charge in [-0.1, -0.05) is 24.3 Å². The topological polar surface area (TPSA) is 633 Å². The average Bonchev–Trinajstić information content (AvgIpc) is 0.840. The maximum absolute atomic E-state index is 14.7. The maximum Gasteiger partial charge on any atom is 0.255 e. The maximum atomic E-state index is 14.7. The summed E-state index contributed by atoms with van der Waals surface area (Å²) in [5.41, 5.74) is 45.8. The Bertz CT molecular complexity index is 3570. The SMILES string of the molecule is COc1ccc(CC(=O)[C@H](N)CCCNC(=N)N)cc1C(=O)N[C@H](CCCNC(=N)N)C(=O)Cc1ccc(OC)c(C(=O)N[C@H](CCCNC(=N)N)C(=O)Cc2ccc(OCCNC(=N)N)c(C(=O)N[C@H](CCCNC(=N)N)C(=O)Cc3ccc(OCCNC(=N)N)c(C(N)=O)c3)c2)c1. The van der Waals surface area contributed by atoms with Gasteiger partial charge < -0.3 is 113 Å². The van der Waals surface area contributed by atoms with Crippen molar-refractivity contribution < 1.29 is 57.3 Å². The Morgan fingerprint density at radius 1 is 0.364 bits per heavy atom. The van der Waals surface area contributed by atoms with Gasteiger partial charge in [-0.25, -0.2) is 0 Å². The van der Waals surface area contributed by atoms with E-state index < -0.39 is 71.6 Å². The summed E-state index contributed by atoms with van der Waals surface area (Å²) in [4.78, 5) is 112. The van der Waals surface area contributed by atoms with Gasteiger partial charge in [0.15, 0.2) is 58.9 Å². The molecular weight excluding hydrogens is 1280 g/mol. The monoisotopic (exact) mass is 1380 g/mol. The number of methoxy groups -OCH3 is 2. The standard InChI is InChI=1S/C64H93N23O12/c1-96-51-15-11-36(31-47(88)43(65)7-3-19-79-59(67)68)28-40(51)56(93)85-44(8-4-20-80-60(69)70)49(90)33-37-12-16-52(97-2)41(29-37)57(94)86-45(9-5-21-81-61(71)72)50(91)34-38-14-18-54(99-26-24-84-64(77)78)42(30-38)58(95)87-46(10-6-22-82-62(73)74)48(89)32-35-13-17-53(39(27-35)55(66)92)98-25-23-83-63(75)76/h11-18,27-30,43-46H,3-10,19-26,31-34,65H2,1-2H3,(H2,66,92)(H,85,93)(H,86,94)(H,87,95)(H4,67,68,79)(H4,69,70,80)(H4,71,72,81)(H4,73,74,82)(H4,75,76,83)(H4,77,78,84)/t43-,44-,45-,46-/m1/s1. The van der Waals surface area contributed by atoms with E-state index in [1.807, 2.05) is 0 Å². The van der Waals surface area contributed by atoms with E-state index in [-0.39, 0.29) is 196 Å². The van der Waals surface area contributed by atoms with E-state index in [9.17, 15) is 38.4 Å². The largest absolute Gasteiger partial charge is 0.496 e. The number of carbonyl (C=O) groups is 8. The quantitative estimate of drug-likeness (QED) is 0.0126. The number of ketones is 4. The van der Waals surface area contributed by atoms with Crippen LogP contribution in [0.1, 0.15) is 115 Å². The molecule has 4 atom stereocenters. The molecule has 0 radical (unpaired) electrons. The van der Waals surface area contributed by atoms with Gasteiger partial charge in [0.05, 0.1) is 73.7 Å². The Hall–Kier alpha value is -11.8. The second-order valence-electron chi connectivity index (χ2n) is 22.7. The van der Waals surface area contributed by atoms with Crippen LogP contribution in [0.2, 0.25) is 0 Å². The third-order valence-electron chi connectivity index (χ3n) is 14.9. The number of ether oxygens (including phenoxy) is 4. The number of Topliss-reactive ketones (excluding diaryl/α,β-unsaturated/α-hetero) is 4. The van der Waals surface area contributed by atoms with E-state index in [0.717, 1.165) is 0 Å². The molecule has 0 saturated carbocycles. The molecule has 536 valence electrons. The van der Waals surface area contributed by atoms with E-state index in [0.29, 0.717) is 36.1 Å². The lowest BCUT2D eigenvalue weighted by Gasteiger charge is -2.21. The highest BCUT2D eigenvalue weighted by atomic mass is 16.5. The predicted molar refractivity (Wildman–Crippen MR) is 371 cm³/mol. The van der Waals surface area contributed by atoms with Crippen LogP contribution in [-0.2, 0) is 44.9 Å². The minimum Gasteiger partial charge on any atom is -0.496 e. The number of benzene rings is 4. The number of primary amides is 1. The van der Waals surface area contributed by atoms with Gasteiger partial charge >= 0.3 is 0 Å². The van der Waals surface area contributed by atoms with Crippen molar-refractivity contribution in [2.75, 3.05) is 66.7 Å². The van der Waals surface area contributed by atoms with Crippen LogP contribution in [-0.4, -0.2) is 173 Å². The summed E-state index contributed by atoms with van der Waals surface area (Å²) in [7, 11) is 2.67. The summed E-state index contributed by atoms with van der Waals surface area (Å²) in [6.45, 7) is 0.875. The van der Waals surface area contributed by atoms with E-state index in [1.54, 1.807) is 18.2 Å². The highest BCUT2D eigenvalue weighted by Gasteiger charge is 2.29. The molecule has 0 aromatic heterocycles. The van der Waals surface area contributed by atoms with Crippen molar-refractivity contribution in [1.82, 2.24) is 47.9 Å². The zero-order chi connectivity index (χ0) is 73.1. The van der Waals surface area contributed by atoms with Crippen LogP contribution in [0, 0.1) is 32.5 Å². The van der Waals surface area contributed by atoms with Gasteiger partial charge in [0.25, 0.3) is 23.6 Å². The van der Waals surface area contributed by atoms with Crippen LogP contribution in [0.5, 0.6) is 23.0 Å². The van der Waals surface area contributed by atoms with Crippen molar-refractivity contribution in [1.29, 1.82) is 32.5 Å². The third kappa shape index (κ3) is 28.6. The number of hydrogen-bond donors (Lipinski definition) is 23. The van der Waals surface area contributed by atoms with E-state index in [1.165, 1.54) is 68.8 Å². The van der Waals surface area contributed by atoms with Gasteiger partial charge in [-0.05, 0) is 122 Å². The lowest BCUT2D eigenvalue weighted by Crippen LogP contribution is -2.43. The van der Waals surface area contributed by atoms with Crippen LogP contribution in [0.25, 0.3) is 0 Å². The summed E-state index contributed by atoms with van der Waals surface area (Å²) in [6, 6.07) is 13.3. The van der Waals surface area contributed by atoms with Crippen molar-refractivity contribution in [3.05, 3.63) is 117 Å². The number of nitrogens with two attached hydrogens (primary N) is 8. The molecule has 4 rings (SSSR count). The van der Waals surface area contributed by atoms with Gasteiger partial charge in [0, 0.05) is 51.9 Å². The Balaban J connectivity index is 1.65. The lowest BCUT2D eigenvalue weighted by molar-refractivity contribution is -0.121. The molecule has 4 aromatic carbocycles. The predicted octanol–water partition coefficient (Wildman–Crippen LogP) is -2.25. The number of hydrogen-bond acceptors (Lipinski definition) is 19. The third-order valence-corrected chi connectivity index (χ3v) is 14.9. The van der Waals surface area contributed by atoms with Gasteiger partial charge in [-0.2, -0.15) is 0 Å². The van der Waals surface area contributed by atoms with E-state index in [2.05, 4.69) is 47.9 Å². The summed E-state index contributed by atoms with van der Waals surface area (Å²) in [5, 5.41) is 69.4. The van der Waals surface area contributed by atoms with Crippen molar-refractivity contribution >= 4 is 82.5 Å². The minimum absolute atomic E-state index is 0.000894. The van der Waals surface area contributed by atoms with Crippen LogP contribution in [0.4, 0.5) is 0 Å². The molecule has 31 N–H and O–H groups in total. The van der Waals surface area contributed by atoms with Crippen molar-refractivity contribution in [3.8, 4) is 23.0 Å². The molecule has 99 heavy (non-hydrogen) atoms. The molecule has 35 nitrogen and oxygen atoms in total. The highest BCUT2D eigenvalue weighted by Crippen LogP contribution is 2.27. The second-order valence-corrected chi connectivity index (χ2v) is 22.7. The minimum atomic E-state index is -1.24. The van der Waals surface area contributed by atoms with Crippen LogP contribution in [0.3, 0.4) is 0 Å². The zero-order valence-electron chi connectivity index (χ0n) is 55.4. The molecule has 0 spiro atoms. The summed E-state index contributed by atoms with van der Waals surface area (Å²) >= 11 is 0. The highest BCUT2D eigenvalue weighted by molar-refractivity contribution is 6.04. The Morgan fingerprint density at radius 2 is 0.626 bits per heavy atom. The summed E-state index contributed by atoms with van der Waals surface area (Å²) in [6.07, 6.45) is 0.404. The van der Waals surface area contributed by atoms with Gasteiger partial charge in [-0.15, -0.1) is 0 Å². The number of nitrogens with one attached hydrogen (secondary N) is 15. The number of guanidine groups is 6. The second kappa shape index (κ2) is 41.2. The van der Waals surface area contributed by atoms with Crippen LogP contribution >= 0.6 is 0 Å². The molecule has 0 aliphatic rings. The fourth-order valence-corrected chi connectivity index (χ4v) is 10.0. The fraction of sp³-hybridized carbons (Fsp3) is 0.406. The van der Waals surface area contributed by atoms with Crippen molar-refractivity contribution in [2.45, 2.75) is 101 Å². The molecule has 0 aliphatic carbocycles. The molecular formula is C64H93N23O12. The number of rotatable bonds is 45. The summed E-state index contributed by atoms with van der Waals surface area (Å²) < 4.78 is 22.8. The van der Waals surface area contributed by atoms with Crippen LogP contribution in [0.15, 0.2) is 72.8 Å². The summed E-state index contributed by atoms with van der Waals surface area (Å²) in [5.74, 6) is -6.47. The molecule has 0 heterocycles. The first kappa shape index (κ1) is 79.7. The number of amides is 4. The first-order valence-corrected chi connectivity index (χ1v) is 31.5. The normalized spacial score (nSPS) is 11.9. The van der Waals surface area contributed by atoms with E-state index >= 15 is 0 Å². The molecule has 0 bridgehead atoms. The zero-order valence-corrected chi connectivity index (χ0v) is 55.4. The van der Waals surface area contributed by atoms with E-state index in [4.69, 9.17) is 97.3 Å². The molecule has 0 saturated heterocycles. The fourth-order valence-electron chi connectivity index (χ4n) is 10.0. The smallest absolute Gasteiger partial charge is 0.255 e. The molecule has 4 amide bonds. The van der Waals surface area contributed by atoms with Gasteiger partial charge in [0.2, 0.25) is 0 Å². The Kier molecular flexibility index (Phi) is 33.2. The Morgan fingerprint density at radius 3 is 0.929 bits per heavy atom. The number of carbonyl (C=O) groups excluding carboxylic acids is 8. The first-order valence-electron chi connectivity index (χ1n) is 31.5. The Labute approximate surface area is 572 Å². The molecule has 4 aromatic rings. The molecule has 35 heteroatoms.